The highest BCUT2D eigenvalue weighted by molar-refractivity contribution is 8.13. The second-order valence-corrected chi connectivity index (χ2v) is 4.19. The number of aromatic nitrogens is 1. The van der Waals surface area contributed by atoms with Crippen molar-refractivity contribution < 1.29 is 4.42 Å². The van der Waals surface area contributed by atoms with Crippen LogP contribution in [0.15, 0.2) is 15.6 Å². The fourth-order valence-corrected chi connectivity index (χ4v) is 2.02. The molecular weight excluding hydrogens is 198 g/mol. The first-order valence-electron chi connectivity index (χ1n) is 4.67. The van der Waals surface area contributed by atoms with Gasteiger partial charge in [-0.25, -0.2) is 4.98 Å². The molecule has 4 nitrogen and oxygen atoms in total. The Kier molecular flexibility index (Phi) is 3.08. The fourth-order valence-electron chi connectivity index (χ4n) is 1.20. The van der Waals surface area contributed by atoms with E-state index >= 15 is 0 Å². The van der Waals surface area contributed by atoms with E-state index in [1.807, 2.05) is 6.92 Å². The van der Waals surface area contributed by atoms with E-state index in [2.05, 4.69) is 15.3 Å². The molecule has 1 N–H and O–H groups in total. The van der Waals surface area contributed by atoms with Gasteiger partial charge in [0.15, 0.2) is 5.17 Å². The molecular formula is C9H13N3OS. The van der Waals surface area contributed by atoms with Gasteiger partial charge in [0.25, 0.3) is 0 Å². The topological polar surface area (TPSA) is 50.4 Å². The third kappa shape index (κ3) is 2.51. The van der Waals surface area contributed by atoms with Crippen molar-refractivity contribution in [3.8, 4) is 0 Å². The van der Waals surface area contributed by atoms with E-state index in [0.29, 0.717) is 6.54 Å². The molecule has 0 spiro atoms. The number of oxazole rings is 1. The first-order valence-corrected chi connectivity index (χ1v) is 5.65. The monoisotopic (exact) mass is 211 g/mol. The van der Waals surface area contributed by atoms with Crippen molar-refractivity contribution in [3.63, 3.8) is 0 Å². The summed E-state index contributed by atoms with van der Waals surface area (Å²) in [6.07, 6.45) is 2.90. The molecule has 0 radical (unpaired) electrons. The van der Waals surface area contributed by atoms with Crippen molar-refractivity contribution in [2.24, 2.45) is 4.99 Å². The molecule has 0 aromatic carbocycles. The van der Waals surface area contributed by atoms with Crippen LogP contribution in [0.4, 0.5) is 0 Å². The van der Waals surface area contributed by atoms with Gasteiger partial charge < -0.3 is 9.73 Å². The van der Waals surface area contributed by atoms with Gasteiger partial charge >= 0.3 is 0 Å². The molecule has 2 heterocycles. The maximum Gasteiger partial charge on any atom is 0.213 e. The van der Waals surface area contributed by atoms with Crippen molar-refractivity contribution in [2.75, 3.05) is 12.3 Å². The van der Waals surface area contributed by atoms with Gasteiger partial charge in [0, 0.05) is 12.3 Å². The Balaban J connectivity index is 1.84. The number of hydrogen-bond acceptors (Lipinski definition) is 5. The standard InChI is InChI=1S/C9H13N3OS/c1-7-5-11-8(13-7)6-12-9-10-3-2-4-14-9/h5H,2-4,6H2,1H3,(H,10,12). The van der Waals surface area contributed by atoms with Gasteiger partial charge in [-0.15, -0.1) is 0 Å². The first-order chi connectivity index (χ1) is 6.84. The van der Waals surface area contributed by atoms with E-state index in [4.69, 9.17) is 4.42 Å². The van der Waals surface area contributed by atoms with Crippen LogP contribution in [0.1, 0.15) is 18.1 Å². The zero-order chi connectivity index (χ0) is 9.80. The maximum atomic E-state index is 5.34. The number of rotatable bonds is 2. The molecule has 1 aromatic heterocycles. The fraction of sp³-hybridized carbons (Fsp3) is 0.556. The summed E-state index contributed by atoms with van der Waals surface area (Å²) in [5, 5.41) is 4.21. The molecule has 0 aliphatic carbocycles. The summed E-state index contributed by atoms with van der Waals surface area (Å²) in [6, 6.07) is 0. The molecule has 5 heteroatoms. The molecule has 0 amide bonds. The number of thioether (sulfide) groups is 1. The van der Waals surface area contributed by atoms with Crippen molar-refractivity contribution in [1.29, 1.82) is 0 Å². The Morgan fingerprint density at radius 2 is 2.57 bits per heavy atom. The summed E-state index contributed by atoms with van der Waals surface area (Å²) in [5.74, 6) is 2.72. The van der Waals surface area contributed by atoms with Crippen LogP contribution in [0, 0.1) is 6.92 Å². The average molecular weight is 211 g/mol. The van der Waals surface area contributed by atoms with E-state index in [1.54, 1.807) is 18.0 Å². The van der Waals surface area contributed by atoms with Gasteiger partial charge in [-0.2, -0.15) is 0 Å². The summed E-state index contributed by atoms with van der Waals surface area (Å²) in [7, 11) is 0. The second-order valence-electron chi connectivity index (χ2n) is 3.11. The Bertz CT molecular complexity index is 335. The van der Waals surface area contributed by atoms with Gasteiger partial charge in [-0.05, 0) is 13.3 Å². The molecule has 1 aliphatic heterocycles. The Morgan fingerprint density at radius 1 is 1.64 bits per heavy atom. The first kappa shape index (κ1) is 9.58. The molecule has 14 heavy (non-hydrogen) atoms. The number of amidine groups is 1. The predicted molar refractivity (Wildman–Crippen MR) is 57.5 cm³/mol. The van der Waals surface area contributed by atoms with Crippen LogP contribution in [-0.2, 0) is 6.54 Å². The minimum atomic E-state index is 0.625. The summed E-state index contributed by atoms with van der Waals surface area (Å²) in [6.45, 7) is 3.45. The zero-order valence-electron chi connectivity index (χ0n) is 8.12. The SMILES string of the molecule is Cc1cnc(CNC2=NCCCS2)o1. The van der Waals surface area contributed by atoms with Crippen LogP contribution >= 0.6 is 11.8 Å². The lowest BCUT2D eigenvalue weighted by molar-refractivity contribution is 0.466. The van der Waals surface area contributed by atoms with Gasteiger partial charge in [-0.1, -0.05) is 11.8 Å². The molecule has 76 valence electrons. The minimum absolute atomic E-state index is 0.625. The number of hydrogen-bond donors (Lipinski definition) is 1. The highest BCUT2D eigenvalue weighted by Gasteiger charge is 2.06. The highest BCUT2D eigenvalue weighted by Crippen LogP contribution is 2.10. The van der Waals surface area contributed by atoms with E-state index in [1.165, 1.54) is 6.42 Å². The molecule has 0 bridgehead atoms. The lowest BCUT2D eigenvalue weighted by Crippen LogP contribution is -2.23. The Hall–Kier alpha value is -0.970. The molecule has 1 aliphatic rings. The zero-order valence-corrected chi connectivity index (χ0v) is 8.93. The summed E-state index contributed by atoms with van der Waals surface area (Å²) in [4.78, 5) is 8.46. The van der Waals surface area contributed by atoms with Crippen LogP contribution in [0.5, 0.6) is 0 Å². The second kappa shape index (κ2) is 4.50. The van der Waals surface area contributed by atoms with E-state index in [9.17, 15) is 0 Å². The van der Waals surface area contributed by atoms with Gasteiger partial charge in [-0.3, -0.25) is 4.99 Å². The lowest BCUT2D eigenvalue weighted by atomic mass is 10.5. The summed E-state index contributed by atoms with van der Waals surface area (Å²) >= 11 is 1.76. The van der Waals surface area contributed by atoms with E-state index < -0.39 is 0 Å². The molecule has 0 atom stereocenters. The summed E-state index contributed by atoms with van der Waals surface area (Å²) in [5.41, 5.74) is 0. The summed E-state index contributed by atoms with van der Waals surface area (Å²) < 4.78 is 5.34. The van der Waals surface area contributed by atoms with Crippen LogP contribution < -0.4 is 5.32 Å². The number of aliphatic imine (C=N–C) groups is 1. The molecule has 0 saturated heterocycles. The molecule has 2 rings (SSSR count). The van der Waals surface area contributed by atoms with Crippen molar-refractivity contribution in [2.45, 2.75) is 19.9 Å². The van der Waals surface area contributed by atoms with Crippen LogP contribution in [0.25, 0.3) is 0 Å². The maximum absolute atomic E-state index is 5.34. The van der Waals surface area contributed by atoms with Crippen molar-refractivity contribution in [3.05, 3.63) is 17.8 Å². The molecule has 1 aromatic rings. The van der Waals surface area contributed by atoms with Crippen LogP contribution in [0.3, 0.4) is 0 Å². The molecule has 0 saturated carbocycles. The van der Waals surface area contributed by atoms with Crippen LogP contribution in [-0.4, -0.2) is 22.4 Å². The Labute approximate surface area is 87.2 Å². The third-order valence-electron chi connectivity index (χ3n) is 1.86. The van der Waals surface area contributed by atoms with Gasteiger partial charge in [0.1, 0.15) is 5.76 Å². The van der Waals surface area contributed by atoms with Gasteiger partial charge in [0.05, 0.1) is 12.7 Å². The predicted octanol–water partition coefficient (Wildman–Crippen LogP) is 1.57. The highest BCUT2D eigenvalue weighted by atomic mass is 32.2. The smallest absolute Gasteiger partial charge is 0.213 e. The van der Waals surface area contributed by atoms with Crippen LogP contribution in [0.2, 0.25) is 0 Å². The largest absolute Gasteiger partial charge is 0.444 e. The normalized spacial score (nSPS) is 16.5. The third-order valence-corrected chi connectivity index (χ3v) is 2.90. The van der Waals surface area contributed by atoms with Crippen molar-refractivity contribution >= 4 is 16.9 Å². The quantitative estimate of drug-likeness (QED) is 0.806. The number of nitrogens with one attached hydrogen (secondary N) is 1. The Morgan fingerprint density at radius 3 is 3.21 bits per heavy atom. The van der Waals surface area contributed by atoms with E-state index in [0.717, 1.165) is 29.1 Å². The number of aryl methyl sites for hydroxylation is 1. The van der Waals surface area contributed by atoms with Crippen molar-refractivity contribution in [1.82, 2.24) is 10.3 Å². The van der Waals surface area contributed by atoms with Gasteiger partial charge in [0.2, 0.25) is 5.89 Å². The van der Waals surface area contributed by atoms with E-state index in [-0.39, 0.29) is 0 Å². The minimum Gasteiger partial charge on any atom is -0.444 e. The number of nitrogens with zero attached hydrogens (tertiary/aromatic N) is 2. The average Bonchev–Trinajstić information content (AvgIpc) is 2.63. The molecule has 0 fully saturated rings. The molecule has 0 unspecified atom stereocenters. The lowest BCUT2D eigenvalue weighted by Gasteiger charge is -2.11.